The van der Waals surface area contributed by atoms with E-state index in [0.717, 1.165) is 24.2 Å². The summed E-state index contributed by atoms with van der Waals surface area (Å²) in [4.78, 5) is 2.39. The summed E-state index contributed by atoms with van der Waals surface area (Å²) >= 11 is 0. The second kappa shape index (κ2) is 11.4. The Kier molecular flexibility index (Phi) is 9.51. The Morgan fingerprint density at radius 3 is 1.63 bits per heavy atom. The summed E-state index contributed by atoms with van der Waals surface area (Å²) < 4.78 is 0. The smallest absolute Gasteiger partial charge is 0.142 e. The molecule has 0 radical (unpaired) electrons. The number of anilines is 1. The Labute approximate surface area is 234 Å². The molecule has 0 spiro atoms. The zero-order valence-electron chi connectivity index (χ0n) is 26.4. The van der Waals surface area contributed by atoms with Crippen LogP contribution >= 0.6 is 0 Å². The summed E-state index contributed by atoms with van der Waals surface area (Å²) in [5.41, 5.74) is 5.87. The molecule has 2 aromatic rings. The standard InChI is InChI=1S/C21H33NO.C14H22O/c1-8-10-16-11-9-12-22(16)18-14-15(20(2,3)4)13-17(19(18)23)21(5,6)7;1-13(2,3)10-7-11(14(4,5)6)9-12(15)8-10/h8,13-14,16,23H,1,9-12H2,2-7H3;7-9,15H,1-6H3. The van der Waals surface area contributed by atoms with Crippen molar-refractivity contribution in [3.05, 3.63) is 65.2 Å². The van der Waals surface area contributed by atoms with Gasteiger partial charge in [-0.3, -0.25) is 0 Å². The molecule has 212 valence electrons. The maximum Gasteiger partial charge on any atom is 0.142 e. The molecule has 1 atom stereocenters. The SMILES string of the molecule is C=CCC1CCCN1c1cc(C(C)(C)C)cc(C(C)(C)C)c1O.CC(C)(C)c1cc(O)cc(C(C)(C)C)c1. The fourth-order valence-electron chi connectivity index (χ4n) is 4.91. The summed E-state index contributed by atoms with van der Waals surface area (Å²) in [5, 5.41) is 20.7. The first kappa shape index (κ1) is 31.8. The molecule has 0 saturated carbocycles. The van der Waals surface area contributed by atoms with E-state index < -0.39 is 0 Å². The minimum absolute atomic E-state index is 0.0656. The third kappa shape index (κ3) is 8.04. The fraction of sp³-hybridized carbons (Fsp3) is 0.600. The Morgan fingerprint density at radius 1 is 0.737 bits per heavy atom. The van der Waals surface area contributed by atoms with E-state index in [9.17, 15) is 10.2 Å². The maximum absolute atomic E-state index is 11.0. The van der Waals surface area contributed by atoms with Crippen molar-refractivity contribution < 1.29 is 10.2 Å². The van der Waals surface area contributed by atoms with E-state index in [4.69, 9.17) is 0 Å². The number of hydrogen-bond donors (Lipinski definition) is 2. The van der Waals surface area contributed by atoms with E-state index >= 15 is 0 Å². The molecule has 1 saturated heterocycles. The quantitative estimate of drug-likeness (QED) is 0.395. The number of benzene rings is 2. The zero-order chi connectivity index (χ0) is 29.3. The Bertz CT molecular complexity index is 1070. The molecule has 0 aromatic heterocycles. The Morgan fingerprint density at radius 2 is 1.21 bits per heavy atom. The largest absolute Gasteiger partial charge is 0.508 e. The number of rotatable bonds is 3. The topological polar surface area (TPSA) is 43.7 Å². The minimum Gasteiger partial charge on any atom is -0.508 e. The van der Waals surface area contributed by atoms with Gasteiger partial charge in [0.05, 0.1) is 5.69 Å². The van der Waals surface area contributed by atoms with Crippen molar-refractivity contribution in [1.29, 1.82) is 0 Å². The van der Waals surface area contributed by atoms with Crippen molar-refractivity contribution >= 4 is 5.69 Å². The van der Waals surface area contributed by atoms with Gasteiger partial charge < -0.3 is 15.1 Å². The van der Waals surface area contributed by atoms with Gasteiger partial charge in [-0.1, -0.05) is 101 Å². The van der Waals surface area contributed by atoms with Crippen LogP contribution in [0.3, 0.4) is 0 Å². The molecule has 1 heterocycles. The highest BCUT2D eigenvalue weighted by molar-refractivity contribution is 5.66. The van der Waals surface area contributed by atoms with Gasteiger partial charge in [0.1, 0.15) is 11.5 Å². The normalized spacial score (nSPS) is 16.7. The molecular formula is C35H55NO2. The van der Waals surface area contributed by atoms with E-state index in [-0.39, 0.29) is 21.7 Å². The van der Waals surface area contributed by atoms with Crippen LogP contribution in [0, 0.1) is 0 Å². The number of hydrogen-bond acceptors (Lipinski definition) is 3. The second-order valence-corrected chi connectivity index (χ2v) is 15.2. The van der Waals surface area contributed by atoms with Gasteiger partial charge in [0, 0.05) is 18.2 Å². The van der Waals surface area contributed by atoms with E-state index in [2.05, 4.69) is 113 Å². The maximum atomic E-state index is 11.0. The monoisotopic (exact) mass is 521 g/mol. The molecule has 1 aliphatic heterocycles. The van der Waals surface area contributed by atoms with Crippen LogP contribution in [0.5, 0.6) is 11.5 Å². The molecular weight excluding hydrogens is 466 g/mol. The molecule has 3 nitrogen and oxygen atoms in total. The predicted octanol–water partition coefficient (Wildman–Crippen LogP) is 9.52. The van der Waals surface area contributed by atoms with Gasteiger partial charge in [0.25, 0.3) is 0 Å². The lowest BCUT2D eigenvalue weighted by Gasteiger charge is -2.33. The van der Waals surface area contributed by atoms with Gasteiger partial charge in [0.15, 0.2) is 0 Å². The molecule has 0 aliphatic carbocycles. The number of nitrogens with zero attached hydrogens (tertiary/aromatic N) is 1. The lowest BCUT2D eigenvalue weighted by Crippen LogP contribution is -2.30. The van der Waals surface area contributed by atoms with Gasteiger partial charge in [-0.25, -0.2) is 0 Å². The summed E-state index contributed by atoms with van der Waals surface area (Å²) in [6.45, 7) is 31.1. The second-order valence-electron chi connectivity index (χ2n) is 15.2. The van der Waals surface area contributed by atoms with Crippen LogP contribution in [0.4, 0.5) is 5.69 Å². The number of aromatic hydroxyl groups is 2. The highest BCUT2D eigenvalue weighted by atomic mass is 16.3. The fourth-order valence-corrected chi connectivity index (χ4v) is 4.91. The van der Waals surface area contributed by atoms with Gasteiger partial charge in [-0.2, -0.15) is 0 Å². The van der Waals surface area contributed by atoms with E-state index in [1.54, 1.807) is 0 Å². The van der Waals surface area contributed by atoms with Crippen molar-refractivity contribution in [2.75, 3.05) is 11.4 Å². The molecule has 3 heteroatoms. The van der Waals surface area contributed by atoms with Crippen LogP contribution in [0.15, 0.2) is 43.0 Å². The van der Waals surface area contributed by atoms with Gasteiger partial charge in [0.2, 0.25) is 0 Å². The van der Waals surface area contributed by atoms with Crippen molar-refractivity contribution in [3.63, 3.8) is 0 Å². The first-order valence-electron chi connectivity index (χ1n) is 14.3. The summed E-state index contributed by atoms with van der Waals surface area (Å²) in [6, 6.07) is 10.8. The van der Waals surface area contributed by atoms with E-state index in [1.165, 1.54) is 29.5 Å². The molecule has 0 bridgehead atoms. The van der Waals surface area contributed by atoms with Gasteiger partial charge >= 0.3 is 0 Å². The Hall–Kier alpha value is -2.42. The van der Waals surface area contributed by atoms with Crippen LogP contribution in [0.25, 0.3) is 0 Å². The number of phenolic OH excluding ortho intramolecular Hbond substituents is 2. The Balaban J connectivity index is 0.000000293. The molecule has 1 unspecified atom stereocenters. The van der Waals surface area contributed by atoms with Crippen molar-refractivity contribution in [2.45, 2.75) is 130 Å². The molecule has 2 aromatic carbocycles. The lowest BCUT2D eigenvalue weighted by molar-refractivity contribution is 0.442. The van der Waals surface area contributed by atoms with Crippen LogP contribution < -0.4 is 4.90 Å². The van der Waals surface area contributed by atoms with Crippen LogP contribution in [0.2, 0.25) is 0 Å². The van der Waals surface area contributed by atoms with Crippen LogP contribution in [-0.2, 0) is 21.7 Å². The molecule has 38 heavy (non-hydrogen) atoms. The molecule has 0 amide bonds. The third-order valence-corrected chi connectivity index (χ3v) is 7.54. The minimum atomic E-state index is -0.0756. The number of phenols is 2. The van der Waals surface area contributed by atoms with Crippen LogP contribution in [-0.4, -0.2) is 22.8 Å². The third-order valence-electron chi connectivity index (χ3n) is 7.54. The average molecular weight is 522 g/mol. The predicted molar refractivity (Wildman–Crippen MR) is 166 cm³/mol. The lowest BCUT2D eigenvalue weighted by atomic mass is 9.79. The first-order valence-corrected chi connectivity index (χ1v) is 14.3. The summed E-state index contributed by atoms with van der Waals surface area (Å²) in [7, 11) is 0. The van der Waals surface area contributed by atoms with Crippen LogP contribution in [0.1, 0.15) is 125 Å². The average Bonchev–Trinajstić information content (AvgIpc) is 3.19. The van der Waals surface area contributed by atoms with E-state index in [0.29, 0.717) is 17.5 Å². The van der Waals surface area contributed by atoms with Gasteiger partial charge in [-0.15, -0.1) is 6.58 Å². The molecule has 1 fully saturated rings. The highest BCUT2D eigenvalue weighted by Gasteiger charge is 2.31. The molecule has 1 aliphatic rings. The zero-order valence-corrected chi connectivity index (χ0v) is 26.4. The molecule has 3 rings (SSSR count). The summed E-state index contributed by atoms with van der Waals surface area (Å²) in [6.07, 6.45) is 5.33. The van der Waals surface area contributed by atoms with Crippen molar-refractivity contribution in [1.82, 2.24) is 0 Å². The molecule has 2 N–H and O–H groups in total. The van der Waals surface area contributed by atoms with Crippen molar-refractivity contribution in [3.8, 4) is 11.5 Å². The first-order chi connectivity index (χ1) is 17.2. The van der Waals surface area contributed by atoms with Gasteiger partial charge in [-0.05, 0) is 75.8 Å². The van der Waals surface area contributed by atoms with E-state index in [1.807, 2.05) is 18.2 Å². The summed E-state index contributed by atoms with van der Waals surface area (Å²) in [5.74, 6) is 0.828. The van der Waals surface area contributed by atoms with Crippen molar-refractivity contribution in [2.24, 2.45) is 0 Å². The highest BCUT2D eigenvalue weighted by Crippen LogP contribution is 2.44.